The van der Waals surface area contributed by atoms with E-state index in [-0.39, 0.29) is 5.91 Å². The number of carbonyl (C=O) groups is 1. The zero-order chi connectivity index (χ0) is 15.7. The lowest BCUT2D eigenvalue weighted by Gasteiger charge is -2.31. The Kier molecular flexibility index (Phi) is 3.77. The molecule has 4 nitrogen and oxygen atoms in total. The predicted octanol–water partition coefficient (Wildman–Crippen LogP) is 3.24. The first kappa shape index (κ1) is 14.8. The second kappa shape index (κ2) is 5.59. The van der Waals surface area contributed by atoms with Crippen molar-refractivity contribution in [2.75, 3.05) is 6.54 Å². The Labute approximate surface area is 131 Å². The first-order valence-electron chi connectivity index (χ1n) is 7.76. The van der Waals surface area contributed by atoms with E-state index in [1.54, 1.807) is 12.5 Å². The Morgan fingerprint density at radius 1 is 1.36 bits per heavy atom. The van der Waals surface area contributed by atoms with Crippen molar-refractivity contribution in [3.05, 3.63) is 53.2 Å². The van der Waals surface area contributed by atoms with Gasteiger partial charge in [-0.15, -0.1) is 0 Å². The average molecular weight is 298 g/mol. The van der Waals surface area contributed by atoms with Crippen LogP contribution in [0.15, 0.2) is 35.1 Å². The van der Waals surface area contributed by atoms with Gasteiger partial charge in [-0.3, -0.25) is 9.78 Å². The number of aromatic nitrogens is 1. The predicted molar refractivity (Wildman–Crippen MR) is 84.4 cm³/mol. The molecule has 4 heteroatoms. The number of furan rings is 1. The number of fused-ring (bicyclic) bond motifs is 1. The monoisotopic (exact) mass is 298 g/mol. The number of carbonyl (C=O) groups excluding carboxylic acids is 1. The minimum atomic E-state index is -0.625. The van der Waals surface area contributed by atoms with Crippen molar-refractivity contribution >= 4 is 5.91 Å². The summed E-state index contributed by atoms with van der Waals surface area (Å²) in [7, 11) is 0. The van der Waals surface area contributed by atoms with E-state index in [1.165, 1.54) is 0 Å². The van der Waals surface area contributed by atoms with Crippen LogP contribution in [-0.4, -0.2) is 22.3 Å². The SMILES string of the molecule is Cc1ccnc(C(C)(C)C(=O)N2CCCc3occc3C2)c1. The maximum atomic E-state index is 13.1. The first-order valence-corrected chi connectivity index (χ1v) is 7.76. The number of aryl methyl sites for hydroxylation is 2. The summed E-state index contributed by atoms with van der Waals surface area (Å²) in [6.45, 7) is 7.32. The van der Waals surface area contributed by atoms with Crippen molar-refractivity contribution < 1.29 is 9.21 Å². The molecule has 0 spiro atoms. The van der Waals surface area contributed by atoms with E-state index in [0.29, 0.717) is 6.54 Å². The molecule has 0 saturated heterocycles. The number of amides is 1. The Morgan fingerprint density at radius 3 is 2.95 bits per heavy atom. The van der Waals surface area contributed by atoms with Crippen LogP contribution in [0.2, 0.25) is 0 Å². The molecule has 3 rings (SSSR count). The van der Waals surface area contributed by atoms with E-state index in [9.17, 15) is 4.79 Å². The van der Waals surface area contributed by atoms with E-state index < -0.39 is 5.41 Å². The van der Waals surface area contributed by atoms with Crippen LogP contribution in [-0.2, 0) is 23.2 Å². The molecule has 0 radical (unpaired) electrons. The zero-order valence-electron chi connectivity index (χ0n) is 13.4. The molecule has 22 heavy (non-hydrogen) atoms. The van der Waals surface area contributed by atoms with Gasteiger partial charge in [-0.25, -0.2) is 0 Å². The summed E-state index contributed by atoms with van der Waals surface area (Å²) in [6, 6.07) is 5.92. The third kappa shape index (κ3) is 2.65. The molecule has 1 aliphatic rings. The van der Waals surface area contributed by atoms with Crippen LogP contribution in [0.5, 0.6) is 0 Å². The van der Waals surface area contributed by atoms with Crippen molar-refractivity contribution in [3.8, 4) is 0 Å². The summed E-state index contributed by atoms with van der Waals surface area (Å²) in [6.07, 6.45) is 5.32. The van der Waals surface area contributed by atoms with Gasteiger partial charge in [-0.05, 0) is 51.0 Å². The molecule has 0 aliphatic carbocycles. The lowest BCUT2D eigenvalue weighted by atomic mass is 9.86. The summed E-state index contributed by atoms with van der Waals surface area (Å²) in [4.78, 5) is 19.4. The fraction of sp³-hybridized carbons (Fsp3) is 0.444. The van der Waals surface area contributed by atoms with Gasteiger partial charge in [-0.1, -0.05) is 0 Å². The van der Waals surface area contributed by atoms with Crippen molar-refractivity contribution in [1.82, 2.24) is 9.88 Å². The molecule has 0 saturated carbocycles. The van der Waals surface area contributed by atoms with Crippen LogP contribution in [0.3, 0.4) is 0 Å². The van der Waals surface area contributed by atoms with Crippen LogP contribution in [0.25, 0.3) is 0 Å². The van der Waals surface area contributed by atoms with Crippen LogP contribution >= 0.6 is 0 Å². The maximum absolute atomic E-state index is 13.1. The Hall–Kier alpha value is -2.10. The third-order valence-electron chi connectivity index (χ3n) is 4.41. The van der Waals surface area contributed by atoms with E-state index in [1.807, 2.05) is 43.9 Å². The third-order valence-corrected chi connectivity index (χ3v) is 4.41. The van der Waals surface area contributed by atoms with Gasteiger partial charge in [0.2, 0.25) is 5.91 Å². The molecule has 2 aromatic rings. The van der Waals surface area contributed by atoms with Crippen molar-refractivity contribution in [1.29, 1.82) is 0 Å². The molecule has 0 atom stereocenters. The van der Waals surface area contributed by atoms with Crippen LogP contribution in [0.1, 0.15) is 42.8 Å². The summed E-state index contributed by atoms with van der Waals surface area (Å²) >= 11 is 0. The van der Waals surface area contributed by atoms with E-state index in [2.05, 4.69) is 4.98 Å². The highest BCUT2D eigenvalue weighted by Gasteiger charge is 2.36. The fourth-order valence-electron chi connectivity index (χ4n) is 3.00. The molecule has 0 bridgehead atoms. The van der Waals surface area contributed by atoms with Gasteiger partial charge >= 0.3 is 0 Å². The second-order valence-electron chi connectivity index (χ2n) is 6.54. The minimum Gasteiger partial charge on any atom is -0.469 e. The van der Waals surface area contributed by atoms with Crippen molar-refractivity contribution in [2.24, 2.45) is 0 Å². The smallest absolute Gasteiger partial charge is 0.234 e. The minimum absolute atomic E-state index is 0.125. The molecule has 1 aliphatic heterocycles. The highest BCUT2D eigenvalue weighted by atomic mass is 16.3. The topological polar surface area (TPSA) is 46.3 Å². The van der Waals surface area contributed by atoms with E-state index in [4.69, 9.17) is 4.42 Å². The summed E-state index contributed by atoms with van der Waals surface area (Å²) in [5, 5.41) is 0. The standard InChI is InChI=1S/C18H22N2O2/c1-13-6-8-19-16(11-13)18(2,3)17(21)20-9-4-5-15-14(12-20)7-10-22-15/h6-8,10-11H,4-5,9,12H2,1-3H3. The van der Waals surface area contributed by atoms with Crippen molar-refractivity contribution in [3.63, 3.8) is 0 Å². The fourth-order valence-corrected chi connectivity index (χ4v) is 3.00. The van der Waals surface area contributed by atoms with E-state index in [0.717, 1.165) is 42.0 Å². The normalized spacial score (nSPS) is 15.3. The van der Waals surface area contributed by atoms with Gasteiger partial charge in [0.05, 0.1) is 17.4 Å². The molecule has 116 valence electrons. The van der Waals surface area contributed by atoms with Gasteiger partial charge in [0.25, 0.3) is 0 Å². The largest absolute Gasteiger partial charge is 0.469 e. The molecule has 2 aromatic heterocycles. The second-order valence-corrected chi connectivity index (χ2v) is 6.54. The first-order chi connectivity index (χ1) is 10.5. The zero-order valence-corrected chi connectivity index (χ0v) is 13.4. The Morgan fingerprint density at radius 2 is 2.18 bits per heavy atom. The number of nitrogens with zero attached hydrogens (tertiary/aromatic N) is 2. The van der Waals surface area contributed by atoms with Crippen LogP contribution in [0.4, 0.5) is 0 Å². The Balaban J connectivity index is 1.86. The molecule has 3 heterocycles. The molecule has 0 unspecified atom stereocenters. The average Bonchev–Trinajstić information content (AvgIpc) is 2.83. The quantitative estimate of drug-likeness (QED) is 0.855. The van der Waals surface area contributed by atoms with Crippen LogP contribution < -0.4 is 0 Å². The molecule has 0 fully saturated rings. The number of hydrogen-bond acceptors (Lipinski definition) is 3. The summed E-state index contributed by atoms with van der Waals surface area (Å²) < 4.78 is 5.50. The summed E-state index contributed by atoms with van der Waals surface area (Å²) in [5.41, 5.74) is 2.45. The highest BCUT2D eigenvalue weighted by molar-refractivity contribution is 5.87. The maximum Gasteiger partial charge on any atom is 0.234 e. The number of pyridine rings is 1. The van der Waals surface area contributed by atoms with Gasteiger partial charge in [0, 0.05) is 31.3 Å². The summed E-state index contributed by atoms with van der Waals surface area (Å²) in [5.74, 6) is 1.14. The Bertz CT molecular complexity index is 688. The van der Waals surface area contributed by atoms with Gasteiger partial charge < -0.3 is 9.32 Å². The molecule has 0 aromatic carbocycles. The van der Waals surface area contributed by atoms with Gasteiger partial charge in [0.15, 0.2) is 0 Å². The molecular weight excluding hydrogens is 276 g/mol. The van der Waals surface area contributed by atoms with Crippen LogP contribution in [0, 0.1) is 6.92 Å². The van der Waals surface area contributed by atoms with Crippen molar-refractivity contribution in [2.45, 2.75) is 45.6 Å². The molecule has 1 amide bonds. The lowest BCUT2D eigenvalue weighted by Crippen LogP contribution is -2.43. The van der Waals surface area contributed by atoms with E-state index >= 15 is 0 Å². The molecular formula is C18H22N2O2. The van der Waals surface area contributed by atoms with Gasteiger partial charge in [0.1, 0.15) is 5.76 Å². The van der Waals surface area contributed by atoms with Gasteiger partial charge in [-0.2, -0.15) is 0 Å². The number of rotatable bonds is 2. The number of hydrogen-bond donors (Lipinski definition) is 0. The highest BCUT2D eigenvalue weighted by Crippen LogP contribution is 2.28. The molecule has 0 N–H and O–H groups in total. The lowest BCUT2D eigenvalue weighted by molar-refractivity contribution is -0.137.